The van der Waals surface area contributed by atoms with E-state index >= 15 is 0 Å². The summed E-state index contributed by atoms with van der Waals surface area (Å²) < 4.78 is 0. The zero-order valence-corrected chi connectivity index (χ0v) is 11.2. The summed E-state index contributed by atoms with van der Waals surface area (Å²) in [6.07, 6.45) is 6.87. The van der Waals surface area contributed by atoms with E-state index in [1.54, 1.807) is 0 Å². The summed E-state index contributed by atoms with van der Waals surface area (Å²) >= 11 is 0. The van der Waals surface area contributed by atoms with E-state index < -0.39 is 0 Å². The maximum absolute atomic E-state index is 6.12. The van der Waals surface area contributed by atoms with Crippen molar-refractivity contribution in [1.82, 2.24) is 4.90 Å². The van der Waals surface area contributed by atoms with Gasteiger partial charge in [0.25, 0.3) is 0 Å². The number of likely N-dealkylation sites (N-methyl/N-ethyl adjacent to an activating group) is 1. The summed E-state index contributed by atoms with van der Waals surface area (Å²) in [4.78, 5) is 2.59. The minimum atomic E-state index is 0.305. The van der Waals surface area contributed by atoms with Crippen molar-refractivity contribution in [1.29, 1.82) is 0 Å². The van der Waals surface area contributed by atoms with Gasteiger partial charge in [0, 0.05) is 18.6 Å². The van der Waals surface area contributed by atoms with Crippen LogP contribution in [0.15, 0.2) is 0 Å². The van der Waals surface area contributed by atoms with Crippen molar-refractivity contribution in [3.63, 3.8) is 0 Å². The van der Waals surface area contributed by atoms with Gasteiger partial charge in [-0.2, -0.15) is 0 Å². The van der Waals surface area contributed by atoms with Gasteiger partial charge in [-0.1, -0.05) is 13.8 Å². The van der Waals surface area contributed by atoms with Crippen LogP contribution in [-0.2, 0) is 0 Å². The molecular weight excluding hydrogens is 196 g/mol. The summed E-state index contributed by atoms with van der Waals surface area (Å²) in [5.41, 5.74) is 6.42. The maximum Gasteiger partial charge on any atom is 0.0333 e. The Morgan fingerprint density at radius 2 is 1.75 bits per heavy atom. The molecule has 2 fully saturated rings. The average Bonchev–Trinajstić information content (AvgIpc) is 2.99. The first-order valence-corrected chi connectivity index (χ1v) is 6.97. The molecule has 2 aliphatic rings. The van der Waals surface area contributed by atoms with Crippen LogP contribution in [0, 0.1) is 17.8 Å². The number of nitrogens with zero attached hydrogens (tertiary/aromatic N) is 1. The third-order valence-corrected chi connectivity index (χ3v) is 4.68. The fraction of sp³-hybridized carbons (Fsp3) is 1.00. The van der Waals surface area contributed by atoms with Crippen molar-refractivity contribution < 1.29 is 0 Å². The van der Waals surface area contributed by atoms with Gasteiger partial charge in [0.2, 0.25) is 0 Å². The molecule has 2 saturated carbocycles. The van der Waals surface area contributed by atoms with Crippen molar-refractivity contribution in [2.75, 3.05) is 20.1 Å². The molecule has 2 rings (SSSR count). The molecule has 0 aliphatic heterocycles. The van der Waals surface area contributed by atoms with E-state index in [9.17, 15) is 0 Å². The Kier molecular flexibility index (Phi) is 3.60. The van der Waals surface area contributed by atoms with E-state index in [0.717, 1.165) is 24.3 Å². The maximum atomic E-state index is 6.12. The van der Waals surface area contributed by atoms with Crippen molar-refractivity contribution >= 4 is 0 Å². The third kappa shape index (κ3) is 2.60. The Morgan fingerprint density at radius 1 is 1.19 bits per heavy atom. The van der Waals surface area contributed by atoms with Crippen molar-refractivity contribution in [3.8, 4) is 0 Å². The Balaban J connectivity index is 2.03. The molecule has 2 aliphatic carbocycles. The Labute approximate surface area is 101 Å². The van der Waals surface area contributed by atoms with Gasteiger partial charge in [-0.05, 0) is 56.9 Å². The SMILES string of the molecule is CC1CC(C)CC(CN)(N(C)CC2CC2)C1. The lowest BCUT2D eigenvalue weighted by atomic mass is 9.71. The first-order chi connectivity index (χ1) is 7.55. The minimum Gasteiger partial charge on any atom is -0.329 e. The average molecular weight is 224 g/mol. The van der Waals surface area contributed by atoms with Gasteiger partial charge >= 0.3 is 0 Å². The Bertz CT molecular complexity index is 225. The second kappa shape index (κ2) is 4.66. The lowest BCUT2D eigenvalue weighted by Gasteiger charge is -2.48. The number of hydrogen-bond donors (Lipinski definition) is 1. The smallest absolute Gasteiger partial charge is 0.0333 e. The van der Waals surface area contributed by atoms with Gasteiger partial charge < -0.3 is 5.73 Å². The molecule has 94 valence electrons. The summed E-state index contributed by atoms with van der Waals surface area (Å²) in [7, 11) is 2.30. The Morgan fingerprint density at radius 3 is 2.19 bits per heavy atom. The van der Waals surface area contributed by atoms with Crippen LogP contribution in [0.3, 0.4) is 0 Å². The van der Waals surface area contributed by atoms with Gasteiger partial charge in [-0.15, -0.1) is 0 Å². The van der Waals surface area contributed by atoms with E-state index in [2.05, 4.69) is 25.8 Å². The number of hydrogen-bond acceptors (Lipinski definition) is 2. The number of rotatable bonds is 4. The van der Waals surface area contributed by atoms with Gasteiger partial charge in [0.15, 0.2) is 0 Å². The van der Waals surface area contributed by atoms with E-state index in [-0.39, 0.29) is 0 Å². The molecule has 2 unspecified atom stereocenters. The molecule has 0 aromatic heterocycles. The fourth-order valence-electron chi connectivity index (χ4n) is 3.75. The molecule has 2 nitrogen and oxygen atoms in total. The third-order valence-electron chi connectivity index (χ3n) is 4.68. The minimum absolute atomic E-state index is 0.305. The molecular formula is C14H28N2. The molecule has 2 N–H and O–H groups in total. The van der Waals surface area contributed by atoms with Crippen molar-refractivity contribution in [2.24, 2.45) is 23.5 Å². The molecule has 0 radical (unpaired) electrons. The topological polar surface area (TPSA) is 29.3 Å². The molecule has 2 heteroatoms. The largest absolute Gasteiger partial charge is 0.329 e. The normalized spacial score (nSPS) is 40.3. The molecule has 0 aromatic carbocycles. The van der Waals surface area contributed by atoms with Gasteiger partial charge in [-0.25, -0.2) is 0 Å². The second-order valence-corrected chi connectivity index (χ2v) is 6.61. The van der Waals surface area contributed by atoms with Crippen LogP contribution in [-0.4, -0.2) is 30.6 Å². The van der Waals surface area contributed by atoms with Crippen LogP contribution < -0.4 is 5.73 Å². The van der Waals surface area contributed by atoms with Gasteiger partial charge in [-0.3, -0.25) is 4.90 Å². The van der Waals surface area contributed by atoms with E-state index in [1.807, 2.05) is 0 Å². The Hall–Kier alpha value is -0.0800. The highest BCUT2D eigenvalue weighted by molar-refractivity contribution is 4.97. The highest BCUT2D eigenvalue weighted by Gasteiger charge is 2.41. The van der Waals surface area contributed by atoms with Crippen LogP contribution in [0.25, 0.3) is 0 Å². The number of nitrogens with two attached hydrogens (primary N) is 1. The fourth-order valence-corrected chi connectivity index (χ4v) is 3.75. The molecule has 0 amide bonds. The molecule has 16 heavy (non-hydrogen) atoms. The van der Waals surface area contributed by atoms with E-state index in [0.29, 0.717) is 5.54 Å². The van der Waals surface area contributed by atoms with Crippen LogP contribution in [0.1, 0.15) is 46.0 Å². The van der Waals surface area contributed by atoms with Gasteiger partial charge in [0.1, 0.15) is 0 Å². The van der Waals surface area contributed by atoms with Crippen LogP contribution >= 0.6 is 0 Å². The zero-order valence-electron chi connectivity index (χ0n) is 11.2. The summed E-state index contributed by atoms with van der Waals surface area (Å²) in [6.45, 7) is 6.90. The predicted molar refractivity (Wildman–Crippen MR) is 69.3 cm³/mol. The lowest BCUT2D eigenvalue weighted by Crippen LogP contribution is -2.56. The summed E-state index contributed by atoms with van der Waals surface area (Å²) in [6, 6.07) is 0. The summed E-state index contributed by atoms with van der Waals surface area (Å²) in [5.74, 6) is 2.66. The van der Waals surface area contributed by atoms with Crippen molar-refractivity contribution in [2.45, 2.75) is 51.5 Å². The molecule has 2 atom stereocenters. The molecule has 0 saturated heterocycles. The van der Waals surface area contributed by atoms with E-state index in [1.165, 1.54) is 38.6 Å². The van der Waals surface area contributed by atoms with Crippen LogP contribution in [0.4, 0.5) is 0 Å². The van der Waals surface area contributed by atoms with Crippen LogP contribution in [0.5, 0.6) is 0 Å². The van der Waals surface area contributed by atoms with Gasteiger partial charge in [0.05, 0.1) is 0 Å². The lowest BCUT2D eigenvalue weighted by molar-refractivity contribution is 0.0357. The monoisotopic (exact) mass is 224 g/mol. The first-order valence-electron chi connectivity index (χ1n) is 6.97. The predicted octanol–water partition coefficient (Wildman–Crippen LogP) is 2.48. The molecule has 0 aromatic rings. The zero-order chi connectivity index (χ0) is 11.8. The standard InChI is InChI=1S/C14H28N2/c1-11-6-12(2)8-14(7-11,10-15)16(3)9-13-4-5-13/h11-13H,4-10,15H2,1-3H3. The first kappa shape index (κ1) is 12.4. The van der Waals surface area contributed by atoms with E-state index in [4.69, 9.17) is 5.73 Å². The highest BCUT2D eigenvalue weighted by atomic mass is 15.2. The highest BCUT2D eigenvalue weighted by Crippen LogP contribution is 2.40. The summed E-state index contributed by atoms with van der Waals surface area (Å²) in [5, 5.41) is 0. The molecule has 0 bridgehead atoms. The second-order valence-electron chi connectivity index (χ2n) is 6.61. The molecule has 0 spiro atoms. The van der Waals surface area contributed by atoms with Crippen molar-refractivity contribution in [3.05, 3.63) is 0 Å². The molecule has 0 heterocycles. The van der Waals surface area contributed by atoms with Crippen LogP contribution in [0.2, 0.25) is 0 Å². The quantitative estimate of drug-likeness (QED) is 0.795.